The fraction of sp³-hybridized carbons (Fsp3) is 0.208. The molecule has 4 aromatic rings. The predicted octanol–water partition coefficient (Wildman–Crippen LogP) is 3.46. The molecule has 10 heteroatoms. The molecule has 1 unspecified atom stereocenters. The summed E-state index contributed by atoms with van der Waals surface area (Å²) in [7, 11) is 0. The lowest BCUT2D eigenvalue weighted by molar-refractivity contribution is -0.247. The number of anilines is 1. The number of halogens is 2. The Bertz CT molecular complexity index is 1380. The first kappa shape index (κ1) is 20.7. The number of carbonyl (C=O) groups is 1. The van der Waals surface area contributed by atoms with Gasteiger partial charge in [0, 0.05) is 49.2 Å². The summed E-state index contributed by atoms with van der Waals surface area (Å²) in [6, 6.07) is 11.1. The summed E-state index contributed by atoms with van der Waals surface area (Å²) in [4.78, 5) is 32.9. The number of nitrogens with zero attached hydrogens (tertiary/aromatic N) is 4. The Morgan fingerprint density at radius 2 is 1.97 bits per heavy atom. The highest BCUT2D eigenvalue weighted by atomic mass is 19.1. The third-order valence-corrected chi connectivity index (χ3v) is 6.37. The lowest BCUT2D eigenvalue weighted by atomic mass is 10.0. The molecule has 1 aromatic carbocycles. The van der Waals surface area contributed by atoms with Crippen LogP contribution in [0.3, 0.4) is 0 Å². The second-order valence-corrected chi connectivity index (χ2v) is 8.51. The van der Waals surface area contributed by atoms with Gasteiger partial charge in [-0.15, -0.1) is 0 Å². The first-order valence-corrected chi connectivity index (χ1v) is 10.8. The minimum absolute atomic E-state index is 0.180. The van der Waals surface area contributed by atoms with Crippen LogP contribution < -0.4 is 5.73 Å². The van der Waals surface area contributed by atoms with Crippen LogP contribution >= 0.6 is 0 Å². The number of amides is 1. The maximum atomic E-state index is 13.9. The Morgan fingerprint density at radius 3 is 2.79 bits per heavy atom. The smallest absolute Gasteiger partial charge is 0.258 e. The van der Waals surface area contributed by atoms with Crippen LogP contribution in [0.5, 0.6) is 0 Å². The third-order valence-electron chi connectivity index (χ3n) is 6.37. The molecular formula is C24H20F2N6O2. The van der Waals surface area contributed by atoms with Crippen molar-refractivity contribution in [3.63, 3.8) is 0 Å². The molecule has 172 valence electrons. The van der Waals surface area contributed by atoms with Crippen molar-refractivity contribution < 1.29 is 18.4 Å². The van der Waals surface area contributed by atoms with Crippen LogP contribution in [0.2, 0.25) is 0 Å². The number of hydrogen-bond donors (Lipinski definition) is 2. The number of nitrogens with two attached hydrogens (primary N) is 1. The lowest BCUT2D eigenvalue weighted by Gasteiger charge is -2.34. The summed E-state index contributed by atoms with van der Waals surface area (Å²) in [6.45, 7) is 1.20. The van der Waals surface area contributed by atoms with Crippen molar-refractivity contribution in [1.82, 2.24) is 24.9 Å². The Labute approximate surface area is 192 Å². The van der Waals surface area contributed by atoms with Gasteiger partial charge in [-0.25, -0.2) is 13.8 Å². The van der Waals surface area contributed by atoms with Gasteiger partial charge in [0.2, 0.25) is 0 Å². The van der Waals surface area contributed by atoms with Crippen molar-refractivity contribution in [1.29, 1.82) is 0 Å². The molecule has 1 atom stereocenters. The first-order valence-electron chi connectivity index (χ1n) is 10.8. The summed E-state index contributed by atoms with van der Waals surface area (Å²) < 4.78 is 27.2. The van der Waals surface area contributed by atoms with Crippen molar-refractivity contribution in [2.75, 3.05) is 12.3 Å². The maximum Gasteiger partial charge on any atom is 0.258 e. The quantitative estimate of drug-likeness (QED) is 0.482. The largest absolute Gasteiger partial charge is 0.381 e. The topological polar surface area (TPSA) is 100 Å². The van der Waals surface area contributed by atoms with E-state index in [-0.39, 0.29) is 24.1 Å². The molecule has 1 fully saturated rings. The SMILES string of the molecule is Nc1nc2cc(CN3C(=O)c4cnccc4C34CCN(Cc3ccc(F)cc3)O4)[nH]c2cc1F. The molecule has 34 heavy (non-hydrogen) atoms. The molecule has 3 aromatic heterocycles. The number of benzene rings is 1. The second-order valence-electron chi connectivity index (χ2n) is 8.51. The number of hydroxylamine groups is 2. The number of fused-ring (bicyclic) bond motifs is 3. The predicted molar refractivity (Wildman–Crippen MR) is 119 cm³/mol. The summed E-state index contributed by atoms with van der Waals surface area (Å²) in [5.41, 5.74) is 8.39. The Kier molecular flexibility index (Phi) is 4.61. The van der Waals surface area contributed by atoms with Gasteiger partial charge in [0.05, 0.1) is 23.1 Å². The summed E-state index contributed by atoms with van der Waals surface area (Å²) in [5, 5.41) is 1.78. The number of hydrogen-bond acceptors (Lipinski definition) is 6. The summed E-state index contributed by atoms with van der Waals surface area (Å²) >= 11 is 0. The maximum absolute atomic E-state index is 13.9. The number of pyridine rings is 2. The zero-order valence-electron chi connectivity index (χ0n) is 18.0. The fourth-order valence-electron chi connectivity index (χ4n) is 4.77. The van der Waals surface area contributed by atoms with Gasteiger partial charge in [-0.3, -0.25) is 19.5 Å². The van der Waals surface area contributed by atoms with Gasteiger partial charge in [0.25, 0.3) is 5.91 Å². The molecule has 0 radical (unpaired) electrons. The minimum atomic E-state index is -1.01. The number of H-pyrrole nitrogens is 1. The number of aromatic amines is 1. The third kappa shape index (κ3) is 3.22. The van der Waals surface area contributed by atoms with Crippen LogP contribution in [0.4, 0.5) is 14.6 Å². The Hall–Kier alpha value is -3.89. The van der Waals surface area contributed by atoms with Gasteiger partial charge in [-0.1, -0.05) is 12.1 Å². The highest BCUT2D eigenvalue weighted by Crippen LogP contribution is 2.47. The van der Waals surface area contributed by atoms with E-state index in [2.05, 4.69) is 15.0 Å². The molecule has 2 aliphatic rings. The Morgan fingerprint density at radius 1 is 1.15 bits per heavy atom. The molecule has 0 saturated carbocycles. The standard InChI is InChI=1S/C24H20F2N6O2/c25-15-3-1-14(2-4-15)12-31-8-6-24(34-31)18-5-7-28-11-17(18)23(33)32(24)13-16-9-20-21(29-16)10-19(26)22(27)30-20/h1-5,7,9-11,29H,6,8,12-13H2,(H2,27,30). The van der Waals surface area contributed by atoms with Crippen LogP contribution in [0.15, 0.2) is 54.9 Å². The van der Waals surface area contributed by atoms with Gasteiger partial charge in [0.15, 0.2) is 17.4 Å². The van der Waals surface area contributed by atoms with E-state index in [0.29, 0.717) is 41.8 Å². The normalized spacial score (nSPS) is 20.1. The number of carbonyl (C=O) groups excluding carboxylic acids is 1. The first-order chi connectivity index (χ1) is 16.4. The molecule has 0 bridgehead atoms. The van der Waals surface area contributed by atoms with Crippen LogP contribution in [0.1, 0.15) is 33.6 Å². The molecule has 6 rings (SSSR count). The molecule has 0 aliphatic carbocycles. The van der Waals surface area contributed by atoms with Crippen molar-refractivity contribution in [3.05, 3.63) is 88.9 Å². The van der Waals surface area contributed by atoms with Crippen LogP contribution in [-0.2, 0) is 23.7 Å². The van der Waals surface area contributed by atoms with Gasteiger partial charge in [-0.2, -0.15) is 5.06 Å². The highest BCUT2D eigenvalue weighted by Gasteiger charge is 2.55. The zero-order chi connectivity index (χ0) is 23.4. The van der Waals surface area contributed by atoms with Crippen molar-refractivity contribution >= 4 is 22.8 Å². The molecule has 5 heterocycles. The van der Waals surface area contributed by atoms with E-state index >= 15 is 0 Å². The van der Waals surface area contributed by atoms with Crippen LogP contribution in [-0.4, -0.2) is 37.4 Å². The van der Waals surface area contributed by atoms with E-state index in [1.54, 1.807) is 46.6 Å². The molecule has 2 aliphatic heterocycles. The molecule has 1 saturated heterocycles. The molecule has 3 N–H and O–H groups in total. The molecule has 8 nitrogen and oxygen atoms in total. The van der Waals surface area contributed by atoms with E-state index in [1.807, 2.05) is 0 Å². The average Bonchev–Trinajstić information content (AvgIpc) is 3.48. The van der Waals surface area contributed by atoms with E-state index < -0.39 is 11.5 Å². The molecular weight excluding hydrogens is 442 g/mol. The van der Waals surface area contributed by atoms with E-state index in [1.165, 1.54) is 18.2 Å². The lowest BCUT2D eigenvalue weighted by Crippen LogP contribution is -2.44. The van der Waals surface area contributed by atoms with Gasteiger partial charge >= 0.3 is 0 Å². The van der Waals surface area contributed by atoms with Crippen molar-refractivity contribution in [2.24, 2.45) is 0 Å². The molecule has 1 spiro atoms. The van der Waals surface area contributed by atoms with E-state index in [4.69, 9.17) is 10.6 Å². The summed E-state index contributed by atoms with van der Waals surface area (Å²) in [5.74, 6) is -1.29. The van der Waals surface area contributed by atoms with Crippen LogP contribution in [0.25, 0.3) is 11.0 Å². The van der Waals surface area contributed by atoms with E-state index in [0.717, 1.165) is 11.1 Å². The fourth-order valence-corrected chi connectivity index (χ4v) is 4.77. The second kappa shape index (κ2) is 7.57. The monoisotopic (exact) mass is 462 g/mol. The number of rotatable bonds is 4. The van der Waals surface area contributed by atoms with Crippen molar-refractivity contribution in [3.8, 4) is 0 Å². The number of nitrogens with one attached hydrogen (secondary N) is 1. The summed E-state index contributed by atoms with van der Waals surface area (Å²) in [6.07, 6.45) is 3.73. The van der Waals surface area contributed by atoms with Gasteiger partial charge < -0.3 is 10.7 Å². The minimum Gasteiger partial charge on any atom is -0.381 e. The number of nitrogen functional groups attached to an aromatic ring is 1. The molecule has 1 amide bonds. The Balaban J connectivity index is 1.34. The van der Waals surface area contributed by atoms with Gasteiger partial charge in [0.1, 0.15) is 5.82 Å². The van der Waals surface area contributed by atoms with Crippen molar-refractivity contribution in [2.45, 2.75) is 25.2 Å². The van der Waals surface area contributed by atoms with E-state index in [9.17, 15) is 13.6 Å². The average molecular weight is 462 g/mol. The van der Waals surface area contributed by atoms with Gasteiger partial charge in [-0.05, 0) is 29.8 Å². The zero-order valence-corrected chi connectivity index (χ0v) is 18.0. The number of aromatic nitrogens is 3. The van der Waals surface area contributed by atoms with Crippen LogP contribution in [0, 0.1) is 11.6 Å². The highest BCUT2D eigenvalue weighted by molar-refractivity contribution is 5.99.